The molecule has 1 aromatic heterocycles. The van der Waals surface area contributed by atoms with Crippen molar-refractivity contribution in [3.05, 3.63) is 65.9 Å². The highest BCUT2D eigenvalue weighted by atomic mass is 16.5. The van der Waals surface area contributed by atoms with Gasteiger partial charge in [0.1, 0.15) is 5.82 Å². The second kappa shape index (κ2) is 9.60. The number of methoxy groups -OCH3 is 2. The lowest BCUT2D eigenvalue weighted by atomic mass is 10.1. The molecule has 0 atom stereocenters. The van der Waals surface area contributed by atoms with Crippen LogP contribution < -0.4 is 20.1 Å². The van der Waals surface area contributed by atoms with Gasteiger partial charge in [0.15, 0.2) is 11.5 Å². The van der Waals surface area contributed by atoms with Crippen molar-refractivity contribution in [1.29, 1.82) is 0 Å². The SMILES string of the molecule is CCc1ccc(Nc2nccc(NCCc3ccc(OC)c(OC)c3)n2)cc1. The first-order valence-electron chi connectivity index (χ1n) is 9.35. The first kappa shape index (κ1) is 19.5. The monoisotopic (exact) mass is 378 g/mol. The molecule has 0 radical (unpaired) electrons. The quantitative estimate of drug-likeness (QED) is 0.573. The summed E-state index contributed by atoms with van der Waals surface area (Å²) in [4.78, 5) is 8.82. The van der Waals surface area contributed by atoms with E-state index in [0.717, 1.165) is 48.0 Å². The van der Waals surface area contributed by atoms with E-state index in [1.165, 1.54) is 5.56 Å². The summed E-state index contributed by atoms with van der Waals surface area (Å²) in [6, 6.07) is 16.1. The Morgan fingerprint density at radius 3 is 2.36 bits per heavy atom. The lowest BCUT2D eigenvalue weighted by molar-refractivity contribution is 0.354. The van der Waals surface area contributed by atoms with Crippen LogP contribution in [0.25, 0.3) is 0 Å². The first-order chi connectivity index (χ1) is 13.7. The molecule has 2 aromatic carbocycles. The predicted molar refractivity (Wildman–Crippen MR) is 113 cm³/mol. The predicted octanol–water partition coefficient (Wildman–Crippen LogP) is 4.45. The molecule has 0 spiro atoms. The maximum atomic E-state index is 5.35. The zero-order chi connectivity index (χ0) is 19.8. The van der Waals surface area contributed by atoms with E-state index in [2.05, 4.69) is 39.7 Å². The zero-order valence-electron chi connectivity index (χ0n) is 16.5. The normalized spacial score (nSPS) is 10.4. The summed E-state index contributed by atoms with van der Waals surface area (Å²) in [6.07, 6.45) is 3.61. The molecule has 6 nitrogen and oxygen atoms in total. The minimum atomic E-state index is 0.570. The number of hydrogen-bond donors (Lipinski definition) is 2. The fourth-order valence-electron chi connectivity index (χ4n) is 2.84. The molecule has 0 amide bonds. The van der Waals surface area contributed by atoms with Crippen LogP contribution in [0.3, 0.4) is 0 Å². The van der Waals surface area contributed by atoms with Crippen molar-refractivity contribution in [2.45, 2.75) is 19.8 Å². The molecule has 0 saturated carbocycles. The fourth-order valence-corrected chi connectivity index (χ4v) is 2.84. The summed E-state index contributed by atoms with van der Waals surface area (Å²) in [5.41, 5.74) is 3.44. The molecule has 0 bridgehead atoms. The average molecular weight is 378 g/mol. The summed E-state index contributed by atoms with van der Waals surface area (Å²) in [6.45, 7) is 2.89. The highest BCUT2D eigenvalue weighted by molar-refractivity contribution is 5.55. The van der Waals surface area contributed by atoms with Gasteiger partial charge in [-0.15, -0.1) is 0 Å². The zero-order valence-corrected chi connectivity index (χ0v) is 16.5. The Bertz CT molecular complexity index is 897. The molecule has 0 aliphatic heterocycles. The van der Waals surface area contributed by atoms with Gasteiger partial charge in [-0.1, -0.05) is 25.1 Å². The van der Waals surface area contributed by atoms with Gasteiger partial charge >= 0.3 is 0 Å². The Kier molecular flexibility index (Phi) is 6.68. The lowest BCUT2D eigenvalue weighted by Gasteiger charge is -2.11. The van der Waals surface area contributed by atoms with Crippen LogP contribution in [-0.4, -0.2) is 30.7 Å². The van der Waals surface area contributed by atoms with Gasteiger partial charge in [-0.3, -0.25) is 0 Å². The van der Waals surface area contributed by atoms with Crippen LogP contribution in [-0.2, 0) is 12.8 Å². The van der Waals surface area contributed by atoms with Crippen LogP contribution in [0.1, 0.15) is 18.1 Å². The van der Waals surface area contributed by atoms with Crippen molar-refractivity contribution in [2.75, 3.05) is 31.4 Å². The second-order valence-electron chi connectivity index (χ2n) is 6.31. The minimum Gasteiger partial charge on any atom is -0.493 e. The second-order valence-corrected chi connectivity index (χ2v) is 6.31. The van der Waals surface area contributed by atoms with E-state index in [-0.39, 0.29) is 0 Å². The molecule has 0 aliphatic rings. The molecule has 3 aromatic rings. The molecule has 6 heteroatoms. The van der Waals surface area contributed by atoms with Crippen molar-refractivity contribution >= 4 is 17.5 Å². The van der Waals surface area contributed by atoms with Gasteiger partial charge in [-0.25, -0.2) is 4.98 Å². The lowest BCUT2D eigenvalue weighted by Crippen LogP contribution is -2.08. The van der Waals surface area contributed by atoms with E-state index in [0.29, 0.717) is 5.95 Å². The van der Waals surface area contributed by atoms with Gasteiger partial charge in [-0.2, -0.15) is 4.98 Å². The van der Waals surface area contributed by atoms with Gasteiger partial charge < -0.3 is 20.1 Å². The van der Waals surface area contributed by atoms with Crippen molar-refractivity contribution in [1.82, 2.24) is 9.97 Å². The molecule has 28 heavy (non-hydrogen) atoms. The average Bonchev–Trinajstić information content (AvgIpc) is 2.74. The summed E-state index contributed by atoms with van der Waals surface area (Å²) in [5.74, 6) is 2.82. The van der Waals surface area contributed by atoms with Crippen LogP contribution in [0.5, 0.6) is 11.5 Å². The van der Waals surface area contributed by atoms with Gasteiger partial charge in [0.25, 0.3) is 0 Å². The van der Waals surface area contributed by atoms with Crippen LogP contribution in [0.4, 0.5) is 17.5 Å². The number of ether oxygens (including phenoxy) is 2. The van der Waals surface area contributed by atoms with E-state index in [1.54, 1.807) is 20.4 Å². The topological polar surface area (TPSA) is 68.3 Å². The summed E-state index contributed by atoms with van der Waals surface area (Å²) in [7, 11) is 3.28. The van der Waals surface area contributed by atoms with Gasteiger partial charge in [0.2, 0.25) is 5.95 Å². The minimum absolute atomic E-state index is 0.570. The van der Waals surface area contributed by atoms with Crippen LogP contribution in [0.15, 0.2) is 54.7 Å². The molecular formula is C22H26N4O2. The van der Waals surface area contributed by atoms with E-state index in [4.69, 9.17) is 9.47 Å². The third kappa shape index (κ3) is 5.13. The number of aromatic nitrogens is 2. The van der Waals surface area contributed by atoms with Gasteiger partial charge in [0.05, 0.1) is 14.2 Å². The van der Waals surface area contributed by atoms with Gasteiger partial charge in [0, 0.05) is 18.4 Å². The Morgan fingerprint density at radius 2 is 1.64 bits per heavy atom. The maximum Gasteiger partial charge on any atom is 0.229 e. The smallest absolute Gasteiger partial charge is 0.229 e. The number of nitrogens with zero attached hydrogens (tertiary/aromatic N) is 2. The Hall–Kier alpha value is -3.28. The Balaban J connectivity index is 1.57. The van der Waals surface area contributed by atoms with E-state index < -0.39 is 0 Å². The molecule has 0 unspecified atom stereocenters. The molecule has 146 valence electrons. The van der Waals surface area contributed by atoms with Crippen molar-refractivity contribution in [3.8, 4) is 11.5 Å². The molecule has 0 aliphatic carbocycles. The molecule has 3 rings (SSSR count). The van der Waals surface area contributed by atoms with Crippen LogP contribution >= 0.6 is 0 Å². The Labute approximate surface area is 166 Å². The van der Waals surface area contributed by atoms with Crippen LogP contribution in [0.2, 0.25) is 0 Å². The third-order valence-corrected chi connectivity index (χ3v) is 4.44. The fraction of sp³-hybridized carbons (Fsp3) is 0.273. The number of rotatable bonds is 9. The molecule has 0 fully saturated rings. The number of benzene rings is 2. The maximum absolute atomic E-state index is 5.35. The summed E-state index contributed by atoms with van der Waals surface area (Å²) in [5, 5.41) is 6.58. The number of aryl methyl sites for hydroxylation is 1. The molecule has 0 saturated heterocycles. The number of anilines is 3. The number of hydrogen-bond acceptors (Lipinski definition) is 6. The van der Waals surface area contributed by atoms with E-state index in [1.807, 2.05) is 36.4 Å². The Morgan fingerprint density at radius 1 is 0.893 bits per heavy atom. The number of nitrogens with one attached hydrogen (secondary N) is 2. The largest absolute Gasteiger partial charge is 0.493 e. The first-order valence-corrected chi connectivity index (χ1v) is 9.35. The van der Waals surface area contributed by atoms with Crippen molar-refractivity contribution < 1.29 is 9.47 Å². The molecule has 1 heterocycles. The highest BCUT2D eigenvalue weighted by Crippen LogP contribution is 2.27. The summed E-state index contributed by atoms with van der Waals surface area (Å²) < 4.78 is 10.6. The van der Waals surface area contributed by atoms with Crippen LogP contribution in [0, 0.1) is 0 Å². The van der Waals surface area contributed by atoms with Crippen molar-refractivity contribution in [2.24, 2.45) is 0 Å². The summed E-state index contributed by atoms with van der Waals surface area (Å²) >= 11 is 0. The third-order valence-electron chi connectivity index (χ3n) is 4.44. The molecule has 2 N–H and O–H groups in total. The van der Waals surface area contributed by atoms with Crippen molar-refractivity contribution in [3.63, 3.8) is 0 Å². The highest BCUT2D eigenvalue weighted by Gasteiger charge is 2.05. The van der Waals surface area contributed by atoms with E-state index >= 15 is 0 Å². The standard InChI is InChI=1S/C22H26N4O2/c1-4-16-5-8-18(9-6-16)25-22-24-14-12-21(26-22)23-13-11-17-7-10-19(27-2)20(15-17)28-3/h5-10,12,14-15H,4,11,13H2,1-3H3,(H2,23,24,25,26). The van der Waals surface area contributed by atoms with E-state index in [9.17, 15) is 0 Å². The molecular weight excluding hydrogens is 352 g/mol. The van der Waals surface area contributed by atoms with Gasteiger partial charge in [-0.05, 0) is 54.3 Å².